The number of hydrogen-bond acceptors (Lipinski definition) is 5. The third-order valence-corrected chi connectivity index (χ3v) is 6.33. The van der Waals surface area contributed by atoms with E-state index >= 15 is 0 Å². The van der Waals surface area contributed by atoms with Crippen molar-refractivity contribution >= 4 is 19.7 Å². The predicted molar refractivity (Wildman–Crippen MR) is 94.6 cm³/mol. The van der Waals surface area contributed by atoms with Gasteiger partial charge in [0.25, 0.3) is 0 Å². The molecule has 2 N–H and O–H groups in total. The lowest BCUT2D eigenvalue weighted by molar-refractivity contribution is -0.143. The topological polar surface area (TPSA) is 113 Å². The van der Waals surface area contributed by atoms with Crippen LogP contribution in [0.25, 0.3) is 0 Å². The normalized spacial score (nSPS) is 17.0. The molecule has 0 saturated carbocycles. The molecule has 1 aromatic carbocycles. The molecule has 1 aliphatic heterocycles. The molecule has 9 heteroatoms. The van der Waals surface area contributed by atoms with Crippen LogP contribution in [0.5, 0.6) is 0 Å². The van der Waals surface area contributed by atoms with E-state index in [2.05, 4.69) is 0 Å². The van der Waals surface area contributed by atoms with Crippen molar-refractivity contribution in [1.82, 2.24) is 4.90 Å². The predicted octanol–water partition coefficient (Wildman–Crippen LogP) is 2.98. The molecule has 1 unspecified atom stereocenters. The van der Waals surface area contributed by atoms with Gasteiger partial charge in [-0.3, -0.25) is 9.46 Å². The van der Waals surface area contributed by atoms with Crippen LogP contribution in [-0.4, -0.2) is 52.6 Å². The summed E-state index contributed by atoms with van der Waals surface area (Å²) in [5.41, 5.74) is 2.46. The van der Waals surface area contributed by atoms with E-state index in [9.17, 15) is 24.4 Å². The number of aryl methyl sites for hydroxylation is 1. The first-order valence-corrected chi connectivity index (χ1v) is 10.2. The Labute approximate surface area is 152 Å². The van der Waals surface area contributed by atoms with Gasteiger partial charge in [0.05, 0.1) is 25.9 Å². The fraction of sp³-hybridized carbons (Fsp3) is 0.529. The van der Waals surface area contributed by atoms with Crippen molar-refractivity contribution in [2.75, 3.05) is 19.4 Å². The minimum absolute atomic E-state index is 0.0179. The van der Waals surface area contributed by atoms with Gasteiger partial charge in [0.1, 0.15) is 6.04 Å². The fourth-order valence-corrected chi connectivity index (χ4v) is 4.69. The molecular formula is C17H24NO7P. The highest BCUT2D eigenvalue weighted by Gasteiger charge is 2.34. The Morgan fingerprint density at radius 2 is 1.85 bits per heavy atom. The lowest BCUT2D eigenvalue weighted by atomic mass is 9.92. The Kier molecular flexibility index (Phi) is 6.81. The molecular weight excluding hydrogens is 361 g/mol. The summed E-state index contributed by atoms with van der Waals surface area (Å²) in [4.78, 5) is 23.6. The van der Waals surface area contributed by atoms with Crippen molar-refractivity contribution < 1.29 is 33.4 Å². The SMILES string of the molecule is CCOP(=O)(CCc1ccc2c(c1)CN(C(=O)O)C(C(=O)O)C2)OCC. The van der Waals surface area contributed by atoms with Crippen LogP contribution in [0.4, 0.5) is 4.79 Å². The minimum Gasteiger partial charge on any atom is -0.480 e. The lowest BCUT2D eigenvalue weighted by Crippen LogP contribution is -2.48. The Balaban J connectivity index is 2.16. The van der Waals surface area contributed by atoms with Gasteiger partial charge >= 0.3 is 19.7 Å². The maximum atomic E-state index is 12.5. The van der Waals surface area contributed by atoms with E-state index in [0.717, 1.165) is 21.6 Å². The average molecular weight is 385 g/mol. The van der Waals surface area contributed by atoms with E-state index in [1.807, 2.05) is 18.2 Å². The summed E-state index contributed by atoms with van der Waals surface area (Å²) in [6.07, 6.45) is -0.438. The molecule has 0 aliphatic carbocycles. The van der Waals surface area contributed by atoms with Crippen LogP contribution in [0.2, 0.25) is 0 Å². The second kappa shape index (κ2) is 8.66. The van der Waals surface area contributed by atoms with Crippen molar-refractivity contribution in [3.05, 3.63) is 34.9 Å². The first-order chi connectivity index (χ1) is 12.3. The number of amides is 1. The quantitative estimate of drug-likeness (QED) is 0.661. The smallest absolute Gasteiger partial charge is 0.408 e. The number of benzene rings is 1. The first kappa shape index (κ1) is 20.4. The summed E-state index contributed by atoms with van der Waals surface area (Å²) in [6, 6.07) is 4.41. The van der Waals surface area contributed by atoms with Crippen molar-refractivity contribution in [3.63, 3.8) is 0 Å². The zero-order chi connectivity index (χ0) is 19.3. The van der Waals surface area contributed by atoms with E-state index < -0.39 is 25.7 Å². The lowest BCUT2D eigenvalue weighted by Gasteiger charge is -2.32. The van der Waals surface area contributed by atoms with Gasteiger partial charge in [-0.25, -0.2) is 9.59 Å². The molecule has 0 saturated heterocycles. The molecule has 0 aromatic heterocycles. The van der Waals surface area contributed by atoms with E-state index in [1.165, 1.54) is 0 Å². The number of nitrogens with zero attached hydrogens (tertiary/aromatic N) is 1. The molecule has 0 radical (unpaired) electrons. The molecule has 0 spiro atoms. The van der Waals surface area contributed by atoms with Gasteiger partial charge in [-0.2, -0.15) is 0 Å². The molecule has 0 bridgehead atoms. The summed E-state index contributed by atoms with van der Waals surface area (Å²) >= 11 is 0. The molecule has 144 valence electrons. The van der Waals surface area contributed by atoms with Crippen molar-refractivity contribution in [1.29, 1.82) is 0 Å². The van der Waals surface area contributed by atoms with Crippen LogP contribution in [-0.2, 0) is 37.8 Å². The molecule has 8 nitrogen and oxygen atoms in total. The fourth-order valence-electron chi connectivity index (χ4n) is 3.04. The second-order valence-electron chi connectivity index (χ2n) is 5.99. The summed E-state index contributed by atoms with van der Waals surface area (Å²) in [6.45, 7) is 4.12. The van der Waals surface area contributed by atoms with Gasteiger partial charge in [-0.15, -0.1) is 0 Å². The minimum atomic E-state index is -3.15. The Hall–Kier alpha value is -1.89. The highest BCUT2D eigenvalue weighted by atomic mass is 31.2. The number of carboxylic acids is 1. The van der Waals surface area contributed by atoms with E-state index in [4.69, 9.17) is 9.05 Å². The van der Waals surface area contributed by atoms with Gasteiger partial charge in [0, 0.05) is 6.42 Å². The molecule has 2 rings (SSSR count). The molecule has 1 amide bonds. The van der Waals surface area contributed by atoms with Crippen molar-refractivity contribution in [2.45, 2.75) is 39.3 Å². The van der Waals surface area contributed by atoms with Crippen molar-refractivity contribution in [3.8, 4) is 0 Å². The zero-order valence-corrected chi connectivity index (χ0v) is 15.8. The van der Waals surface area contributed by atoms with Gasteiger partial charge in [-0.05, 0) is 37.0 Å². The molecule has 1 heterocycles. The zero-order valence-electron chi connectivity index (χ0n) is 14.9. The number of hydrogen-bond donors (Lipinski definition) is 2. The standard InChI is InChI=1S/C17H24NO7P/c1-3-24-26(23,25-4-2)8-7-12-5-6-13-10-15(16(19)20)18(17(21)22)11-14(13)9-12/h5-6,9,15H,3-4,7-8,10-11H2,1-2H3,(H,19,20)(H,21,22). The highest BCUT2D eigenvalue weighted by Crippen LogP contribution is 2.48. The summed E-state index contributed by atoms with van der Waals surface area (Å²) < 4.78 is 23.1. The number of carboxylic acid groups (broad SMARTS) is 2. The van der Waals surface area contributed by atoms with Gasteiger partial charge < -0.3 is 19.3 Å². The molecule has 1 atom stereocenters. The Morgan fingerprint density at radius 1 is 1.19 bits per heavy atom. The van der Waals surface area contributed by atoms with Crippen LogP contribution >= 0.6 is 7.60 Å². The molecule has 1 aliphatic rings. The summed E-state index contributed by atoms with van der Waals surface area (Å²) in [7, 11) is -3.15. The first-order valence-electron chi connectivity index (χ1n) is 8.50. The van der Waals surface area contributed by atoms with Gasteiger partial charge in [-0.1, -0.05) is 18.2 Å². The van der Waals surface area contributed by atoms with Crippen LogP contribution in [0, 0.1) is 0 Å². The summed E-state index contributed by atoms with van der Waals surface area (Å²) in [5.74, 6) is -1.16. The summed E-state index contributed by atoms with van der Waals surface area (Å²) in [5, 5.41) is 18.5. The van der Waals surface area contributed by atoms with Crippen LogP contribution in [0.15, 0.2) is 18.2 Å². The number of aliphatic carboxylic acids is 1. The average Bonchev–Trinajstić information content (AvgIpc) is 2.59. The van der Waals surface area contributed by atoms with E-state index in [1.54, 1.807) is 13.8 Å². The van der Waals surface area contributed by atoms with Crippen LogP contribution < -0.4 is 0 Å². The van der Waals surface area contributed by atoms with Crippen LogP contribution in [0.3, 0.4) is 0 Å². The van der Waals surface area contributed by atoms with Crippen LogP contribution in [0.1, 0.15) is 30.5 Å². The van der Waals surface area contributed by atoms with Gasteiger partial charge in [0.2, 0.25) is 0 Å². The molecule has 0 fully saturated rings. The van der Waals surface area contributed by atoms with E-state index in [-0.39, 0.29) is 19.1 Å². The van der Waals surface area contributed by atoms with Crippen molar-refractivity contribution in [2.24, 2.45) is 0 Å². The number of carbonyl (C=O) groups is 2. The monoisotopic (exact) mass is 385 g/mol. The Bertz CT molecular complexity index is 711. The Morgan fingerprint density at radius 3 is 2.38 bits per heavy atom. The number of fused-ring (bicyclic) bond motifs is 1. The number of rotatable bonds is 8. The molecule has 26 heavy (non-hydrogen) atoms. The molecule has 1 aromatic rings. The largest absolute Gasteiger partial charge is 0.480 e. The van der Waals surface area contributed by atoms with E-state index in [0.29, 0.717) is 19.6 Å². The second-order valence-corrected chi connectivity index (χ2v) is 8.18. The maximum Gasteiger partial charge on any atom is 0.408 e. The highest BCUT2D eigenvalue weighted by molar-refractivity contribution is 7.53. The van der Waals surface area contributed by atoms with Gasteiger partial charge in [0.15, 0.2) is 0 Å². The maximum absolute atomic E-state index is 12.5. The third-order valence-electron chi connectivity index (χ3n) is 4.26. The third kappa shape index (κ3) is 4.84.